The number of pyridine rings is 1. The minimum Gasteiger partial charge on any atom is -0.460 e. The van der Waals surface area contributed by atoms with Gasteiger partial charge in [-0.3, -0.25) is 14.2 Å². The van der Waals surface area contributed by atoms with Crippen LogP contribution in [0.3, 0.4) is 0 Å². The van der Waals surface area contributed by atoms with Crippen molar-refractivity contribution in [3.8, 4) is 0 Å². The highest BCUT2D eigenvalue weighted by Crippen LogP contribution is 2.45. The van der Waals surface area contributed by atoms with Gasteiger partial charge >= 0.3 is 5.97 Å². The molecule has 7 heteroatoms. The molecule has 1 aliphatic rings. The summed E-state index contributed by atoms with van der Waals surface area (Å²) in [5.74, 6) is -0.271. The highest BCUT2D eigenvalue weighted by molar-refractivity contribution is 6.29. The van der Waals surface area contributed by atoms with Gasteiger partial charge in [0.1, 0.15) is 22.0 Å². The molecule has 0 aliphatic heterocycles. The largest absolute Gasteiger partial charge is 0.460 e. The first-order valence-corrected chi connectivity index (χ1v) is 11.4. The number of halogens is 1. The van der Waals surface area contributed by atoms with Crippen LogP contribution >= 0.6 is 11.6 Å². The van der Waals surface area contributed by atoms with E-state index in [2.05, 4.69) is 22.1 Å². The minimum absolute atomic E-state index is 0.167. The lowest BCUT2D eigenvalue weighted by molar-refractivity contribution is -0.154. The van der Waals surface area contributed by atoms with Crippen LogP contribution in [-0.4, -0.2) is 26.1 Å². The van der Waals surface area contributed by atoms with Gasteiger partial charge in [-0.05, 0) is 70.6 Å². The van der Waals surface area contributed by atoms with Crippen LogP contribution in [0.4, 0.5) is 0 Å². The van der Waals surface area contributed by atoms with E-state index in [1.54, 1.807) is 16.7 Å². The third kappa shape index (κ3) is 4.42. The second kappa shape index (κ2) is 8.66. The Kier molecular flexibility index (Phi) is 6.08. The van der Waals surface area contributed by atoms with Crippen LogP contribution in [0.1, 0.15) is 64.1 Å². The van der Waals surface area contributed by atoms with Gasteiger partial charge in [0.2, 0.25) is 0 Å². The Morgan fingerprint density at radius 3 is 2.47 bits per heavy atom. The highest BCUT2D eigenvalue weighted by Gasteiger charge is 2.43. The SMILES string of the molecule is CC(C)(C)OC(=O)CCCc1nc2ccc(Cl)nc2n(C2(c3ccccc3)CCC2)c1=O. The molecule has 1 saturated carbocycles. The van der Waals surface area contributed by atoms with Crippen molar-refractivity contribution in [3.63, 3.8) is 0 Å². The highest BCUT2D eigenvalue weighted by atomic mass is 35.5. The molecule has 0 unspecified atom stereocenters. The zero-order chi connectivity index (χ0) is 22.9. The molecule has 0 spiro atoms. The normalized spacial score (nSPS) is 15.4. The number of fused-ring (bicyclic) bond motifs is 1. The van der Waals surface area contributed by atoms with Crippen LogP contribution < -0.4 is 5.56 Å². The van der Waals surface area contributed by atoms with E-state index in [0.29, 0.717) is 34.9 Å². The summed E-state index contributed by atoms with van der Waals surface area (Å²) in [6.07, 6.45) is 3.84. The summed E-state index contributed by atoms with van der Waals surface area (Å²) in [7, 11) is 0. The van der Waals surface area contributed by atoms with E-state index >= 15 is 0 Å². The lowest BCUT2D eigenvalue weighted by atomic mass is 9.71. The van der Waals surface area contributed by atoms with Gasteiger partial charge in [-0.1, -0.05) is 41.9 Å². The molecule has 6 nitrogen and oxygen atoms in total. The maximum Gasteiger partial charge on any atom is 0.306 e. The smallest absolute Gasteiger partial charge is 0.306 e. The second-order valence-electron chi connectivity index (χ2n) is 9.37. The Morgan fingerprint density at radius 1 is 1.12 bits per heavy atom. The quantitative estimate of drug-likeness (QED) is 0.386. The molecule has 1 fully saturated rings. The molecule has 1 aliphatic carbocycles. The monoisotopic (exact) mass is 453 g/mol. The number of hydrogen-bond acceptors (Lipinski definition) is 5. The van der Waals surface area contributed by atoms with E-state index in [9.17, 15) is 9.59 Å². The van der Waals surface area contributed by atoms with E-state index in [1.165, 1.54) is 0 Å². The summed E-state index contributed by atoms with van der Waals surface area (Å²) in [6, 6.07) is 13.6. The Labute approximate surface area is 192 Å². The maximum absolute atomic E-state index is 13.7. The molecule has 4 rings (SSSR count). The van der Waals surface area contributed by atoms with Gasteiger partial charge in [0.05, 0.1) is 5.54 Å². The molecular formula is C25H28ClN3O3. The van der Waals surface area contributed by atoms with Crippen molar-refractivity contribution in [1.29, 1.82) is 0 Å². The Hall–Kier alpha value is -2.73. The van der Waals surface area contributed by atoms with Crippen molar-refractivity contribution in [3.05, 3.63) is 69.2 Å². The predicted octanol–water partition coefficient (Wildman–Crippen LogP) is 5.04. The fraction of sp³-hybridized carbons (Fsp3) is 0.440. The van der Waals surface area contributed by atoms with Crippen molar-refractivity contribution in [2.45, 2.75) is 70.4 Å². The summed E-state index contributed by atoms with van der Waals surface area (Å²) < 4.78 is 7.18. The summed E-state index contributed by atoms with van der Waals surface area (Å²) in [6.45, 7) is 5.52. The average Bonchev–Trinajstić information content (AvgIpc) is 2.69. The van der Waals surface area contributed by atoms with E-state index in [1.807, 2.05) is 39.0 Å². The zero-order valence-corrected chi connectivity index (χ0v) is 19.5. The van der Waals surface area contributed by atoms with Crippen LogP contribution in [0, 0.1) is 0 Å². The summed E-state index contributed by atoms with van der Waals surface area (Å²) in [5, 5.41) is 0.327. The second-order valence-corrected chi connectivity index (χ2v) is 9.75. The fourth-order valence-electron chi connectivity index (χ4n) is 4.34. The molecule has 1 aromatic carbocycles. The van der Waals surface area contributed by atoms with Crippen LogP contribution in [0.25, 0.3) is 11.2 Å². The first-order chi connectivity index (χ1) is 15.2. The standard InChI is InChI=1S/C25H28ClN3O3/c1-24(2,3)32-21(30)12-7-11-19-23(31)29(22-18(27-19)13-14-20(26)28-22)25(15-8-16-25)17-9-5-4-6-10-17/h4-6,9-10,13-14H,7-8,11-12,15-16H2,1-3H3. The lowest BCUT2D eigenvalue weighted by Gasteiger charge is -2.44. The molecule has 0 amide bonds. The molecule has 0 radical (unpaired) electrons. The van der Waals surface area contributed by atoms with Crippen LogP contribution in [0.5, 0.6) is 0 Å². The molecular weight excluding hydrogens is 426 g/mol. The minimum atomic E-state index is -0.526. The number of nitrogens with zero attached hydrogens (tertiary/aromatic N) is 3. The van der Waals surface area contributed by atoms with Gasteiger partial charge in [0, 0.05) is 6.42 Å². The molecule has 168 valence electrons. The van der Waals surface area contributed by atoms with Crippen molar-refractivity contribution >= 4 is 28.7 Å². The van der Waals surface area contributed by atoms with Gasteiger partial charge in [0.25, 0.3) is 5.56 Å². The van der Waals surface area contributed by atoms with E-state index in [4.69, 9.17) is 16.3 Å². The summed E-state index contributed by atoms with van der Waals surface area (Å²) in [4.78, 5) is 34.9. The average molecular weight is 454 g/mol. The predicted molar refractivity (Wildman–Crippen MR) is 125 cm³/mol. The zero-order valence-electron chi connectivity index (χ0n) is 18.7. The first-order valence-electron chi connectivity index (χ1n) is 11.1. The number of carbonyl (C=O) groups is 1. The van der Waals surface area contributed by atoms with Gasteiger partial charge in [-0.15, -0.1) is 0 Å². The lowest BCUT2D eigenvalue weighted by Crippen LogP contribution is -2.48. The van der Waals surface area contributed by atoms with Crippen molar-refractivity contribution in [1.82, 2.24) is 14.5 Å². The molecule has 2 aromatic heterocycles. The number of ether oxygens (including phenoxy) is 1. The number of carbonyl (C=O) groups excluding carboxylic acids is 1. The molecule has 2 heterocycles. The van der Waals surface area contributed by atoms with E-state index in [-0.39, 0.29) is 17.9 Å². The number of hydrogen-bond donors (Lipinski definition) is 0. The number of esters is 1. The summed E-state index contributed by atoms with van der Waals surface area (Å²) in [5.41, 5.74) is 1.50. The molecule has 0 saturated heterocycles. The topological polar surface area (TPSA) is 74.1 Å². The number of benzene rings is 1. The van der Waals surface area contributed by atoms with Crippen molar-refractivity contribution in [2.75, 3.05) is 0 Å². The molecule has 0 bridgehead atoms. The number of rotatable bonds is 6. The Balaban J connectivity index is 1.74. The third-order valence-electron chi connectivity index (χ3n) is 5.87. The first kappa shape index (κ1) is 22.5. The van der Waals surface area contributed by atoms with Gasteiger partial charge in [-0.2, -0.15) is 0 Å². The Morgan fingerprint density at radius 2 is 1.84 bits per heavy atom. The molecule has 32 heavy (non-hydrogen) atoms. The Bertz CT molecular complexity index is 1190. The van der Waals surface area contributed by atoms with Gasteiger partial charge in [-0.25, -0.2) is 9.97 Å². The molecule has 3 aromatic rings. The van der Waals surface area contributed by atoms with Crippen LogP contribution in [0.15, 0.2) is 47.3 Å². The van der Waals surface area contributed by atoms with E-state index < -0.39 is 11.1 Å². The number of aryl methyl sites for hydroxylation is 1. The molecule has 0 atom stereocenters. The van der Waals surface area contributed by atoms with Crippen molar-refractivity contribution in [2.24, 2.45) is 0 Å². The maximum atomic E-state index is 13.7. The van der Waals surface area contributed by atoms with Crippen molar-refractivity contribution < 1.29 is 9.53 Å². The summed E-state index contributed by atoms with van der Waals surface area (Å²) >= 11 is 6.21. The van der Waals surface area contributed by atoms with Gasteiger partial charge < -0.3 is 4.74 Å². The fourth-order valence-corrected chi connectivity index (χ4v) is 4.49. The van der Waals surface area contributed by atoms with Gasteiger partial charge in [0.15, 0.2) is 5.65 Å². The number of aromatic nitrogens is 3. The third-order valence-corrected chi connectivity index (χ3v) is 6.08. The molecule has 0 N–H and O–H groups in total. The van der Waals surface area contributed by atoms with E-state index in [0.717, 1.165) is 24.8 Å². The van der Waals surface area contributed by atoms with Crippen LogP contribution in [0.2, 0.25) is 5.15 Å². The van der Waals surface area contributed by atoms with Crippen LogP contribution in [-0.2, 0) is 21.5 Å².